The van der Waals surface area contributed by atoms with Gasteiger partial charge in [-0.25, -0.2) is 0 Å². The third-order valence-electron chi connectivity index (χ3n) is 3.20. The lowest BCUT2D eigenvalue weighted by Crippen LogP contribution is -2.32. The number of allylic oxidation sites excluding steroid dienone is 1. The highest BCUT2D eigenvalue weighted by Crippen LogP contribution is 2.40. The van der Waals surface area contributed by atoms with Crippen LogP contribution in [-0.2, 0) is 16.1 Å². The summed E-state index contributed by atoms with van der Waals surface area (Å²) in [7, 11) is 0. The van der Waals surface area contributed by atoms with E-state index >= 15 is 0 Å². The number of nitrogens with zero attached hydrogens (tertiary/aromatic N) is 3. The Balaban J connectivity index is 2.38. The first-order valence-corrected chi connectivity index (χ1v) is 6.37. The molecule has 1 heterocycles. The third-order valence-corrected chi connectivity index (χ3v) is 3.20. The van der Waals surface area contributed by atoms with Gasteiger partial charge < -0.3 is 15.2 Å². The molecule has 0 bridgehead atoms. The highest BCUT2D eigenvalue weighted by Gasteiger charge is 2.45. The van der Waals surface area contributed by atoms with Crippen molar-refractivity contribution in [1.29, 1.82) is 15.8 Å². The molecule has 0 aromatic heterocycles. The van der Waals surface area contributed by atoms with Crippen LogP contribution >= 0.6 is 0 Å². The van der Waals surface area contributed by atoms with E-state index in [9.17, 15) is 5.26 Å². The molecule has 1 aliphatic heterocycles. The molecule has 0 spiro atoms. The van der Waals surface area contributed by atoms with Crippen molar-refractivity contribution in [1.82, 2.24) is 0 Å². The van der Waals surface area contributed by atoms with E-state index in [1.54, 1.807) is 12.1 Å². The lowest BCUT2D eigenvalue weighted by molar-refractivity contribution is -0.173. The lowest BCUT2D eigenvalue weighted by Gasteiger charge is -2.26. The van der Waals surface area contributed by atoms with Crippen LogP contribution in [0.25, 0.3) is 0 Å². The Morgan fingerprint density at radius 2 is 1.86 bits per heavy atom. The molecule has 0 amide bonds. The van der Waals surface area contributed by atoms with Gasteiger partial charge in [-0.1, -0.05) is 30.3 Å². The molecule has 1 aromatic rings. The van der Waals surface area contributed by atoms with Gasteiger partial charge in [0.25, 0.3) is 0 Å². The molecule has 2 N–H and O–H groups in total. The van der Waals surface area contributed by atoms with Crippen LogP contribution in [0.15, 0.2) is 52.9 Å². The summed E-state index contributed by atoms with van der Waals surface area (Å²) in [5, 5.41) is 27.4. The Hall–Kier alpha value is -3.27. The maximum absolute atomic E-state index is 9.19. The molecule has 108 valence electrons. The largest absolute Gasteiger partial charge is 0.442 e. The van der Waals surface area contributed by atoms with Gasteiger partial charge >= 0.3 is 0 Å². The zero-order chi connectivity index (χ0) is 16.2. The van der Waals surface area contributed by atoms with Crippen LogP contribution in [0.3, 0.4) is 0 Å². The second-order valence-corrected chi connectivity index (χ2v) is 4.65. The average molecular weight is 292 g/mol. The lowest BCUT2D eigenvalue weighted by atomic mass is 9.96. The summed E-state index contributed by atoms with van der Waals surface area (Å²) in [6.45, 7) is 1.70. The molecule has 1 atom stereocenters. The van der Waals surface area contributed by atoms with Crippen molar-refractivity contribution in [2.75, 3.05) is 0 Å². The minimum atomic E-state index is -1.45. The molecule has 1 aromatic carbocycles. The Morgan fingerprint density at radius 3 is 2.41 bits per heavy atom. The van der Waals surface area contributed by atoms with Gasteiger partial charge in [0.2, 0.25) is 11.7 Å². The predicted octanol–water partition coefficient (Wildman–Crippen LogP) is 1.99. The van der Waals surface area contributed by atoms with Crippen LogP contribution in [0.2, 0.25) is 0 Å². The summed E-state index contributed by atoms with van der Waals surface area (Å²) < 4.78 is 11.1. The number of nitrogens with two attached hydrogens (primary N) is 1. The Morgan fingerprint density at radius 1 is 1.23 bits per heavy atom. The quantitative estimate of drug-likeness (QED) is 0.851. The summed E-state index contributed by atoms with van der Waals surface area (Å²) >= 11 is 0. The first-order chi connectivity index (χ1) is 10.6. The summed E-state index contributed by atoms with van der Waals surface area (Å²) in [6, 6.07) is 14.7. The van der Waals surface area contributed by atoms with Crippen LogP contribution in [0.1, 0.15) is 12.5 Å². The molecule has 6 heteroatoms. The molecule has 0 saturated heterocycles. The van der Waals surface area contributed by atoms with Crippen molar-refractivity contribution >= 4 is 0 Å². The SMILES string of the molecule is C[C@]1(OCc2ccccc2)OC(N)=C(C#N)C1=C(C#N)C#N. The van der Waals surface area contributed by atoms with Gasteiger partial charge in [-0.15, -0.1) is 0 Å². The topological polar surface area (TPSA) is 116 Å². The molecule has 6 nitrogen and oxygen atoms in total. The van der Waals surface area contributed by atoms with E-state index in [2.05, 4.69) is 0 Å². The summed E-state index contributed by atoms with van der Waals surface area (Å²) in [6.07, 6.45) is 0. The maximum atomic E-state index is 9.19. The van der Waals surface area contributed by atoms with Crippen molar-refractivity contribution in [3.05, 3.63) is 58.5 Å². The molecule has 0 radical (unpaired) electrons. The van der Waals surface area contributed by atoms with Gasteiger partial charge in [0, 0.05) is 6.92 Å². The summed E-state index contributed by atoms with van der Waals surface area (Å²) in [4.78, 5) is 0. The van der Waals surface area contributed by atoms with Crippen molar-refractivity contribution in [2.45, 2.75) is 19.3 Å². The van der Waals surface area contributed by atoms with E-state index in [0.29, 0.717) is 0 Å². The van der Waals surface area contributed by atoms with Gasteiger partial charge in [0.15, 0.2) is 0 Å². The number of rotatable bonds is 3. The fraction of sp³-hybridized carbons (Fsp3) is 0.188. The highest BCUT2D eigenvalue weighted by atomic mass is 16.7. The van der Waals surface area contributed by atoms with E-state index < -0.39 is 5.79 Å². The Labute approximate surface area is 127 Å². The molecule has 0 fully saturated rings. The predicted molar refractivity (Wildman–Crippen MR) is 75.8 cm³/mol. The fourth-order valence-electron chi connectivity index (χ4n) is 2.16. The molecule has 0 saturated carbocycles. The minimum absolute atomic E-state index is 0.0475. The van der Waals surface area contributed by atoms with Crippen molar-refractivity contribution in [2.24, 2.45) is 5.73 Å². The molecular formula is C16H12N4O2. The summed E-state index contributed by atoms with van der Waals surface area (Å²) in [5.41, 5.74) is 6.31. The second kappa shape index (κ2) is 6.01. The van der Waals surface area contributed by atoms with Crippen molar-refractivity contribution < 1.29 is 9.47 Å². The standard InChI is InChI=1S/C16H12N4O2/c1-16(21-10-11-5-3-2-4-6-11)14(12(7-17)8-18)13(9-19)15(20)22-16/h2-6H,10,20H2,1H3/t16-/m0/s1. The number of hydrogen-bond acceptors (Lipinski definition) is 6. The van der Waals surface area contributed by atoms with Gasteiger partial charge in [-0.05, 0) is 5.56 Å². The van der Waals surface area contributed by atoms with Crippen LogP contribution in [0, 0.1) is 34.0 Å². The van der Waals surface area contributed by atoms with Crippen LogP contribution in [0.4, 0.5) is 0 Å². The fourth-order valence-corrected chi connectivity index (χ4v) is 2.16. The molecular weight excluding hydrogens is 280 g/mol. The van der Waals surface area contributed by atoms with Crippen molar-refractivity contribution in [3.8, 4) is 18.2 Å². The number of hydrogen-bond donors (Lipinski definition) is 1. The van der Waals surface area contributed by atoms with Crippen LogP contribution < -0.4 is 5.73 Å². The number of nitriles is 3. The Bertz CT molecular complexity index is 759. The molecule has 0 aliphatic carbocycles. The monoisotopic (exact) mass is 292 g/mol. The van der Waals surface area contributed by atoms with E-state index in [0.717, 1.165) is 5.56 Å². The zero-order valence-corrected chi connectivity index (χ0v) is 11.8. The van der Waals surface area contributed by atoms with Gasteiger partial charge in [0.05, 0.1) is 12.2 Å². The van der Waals surface area contributed by atoms with E-state index in [-0.39, 0.29) is 29.2 Å². The average Bonchev–Trinajstić information content (AvgIpc) is 2.79. The number of benzene rings is 1. The summed E-state index contributed by atoms with van der Waals surface area (Å²) in [5.74, 6) is -1.61. The number of ether oxygens (including phenoxy) is 2. The molecule has 0 unspecified atom stereocenters. The van der Waals surface area contributed by atoms with E-state index in [1.807, 2.05) is 36.4 Å². The van der Waals surface area contributed by atoms with E-state index in [4.69, 9.17) is 25.7 Å². The maximum Gasteiger partial charge on any atom is 0.240 e. The van der Waals surface area contributed by atoms with Crippen molar-refractivity contribution in [3.63, 3.8) is 0 Å². The van der Waals surface area contributed by atoms with Gasteiger partial charge in [-0.3, -0.25) is 0 Å². The van der Waals surface area contributed by atoms with Crippen LogP contribution in [-0.4, -0.2) is 5.79 Å². The van der Waals surface area contributed by atoms with E-state index in [1.165, 1.54) is 6.92 Å². The first-order valence-electron chi connectivity index (χ1n) is 6.37. The second-order valence-electron chi connectivity index (χ2n) is 4.65. The third kappa shape index (κ3) is 2.62. The molecule has 1 aliphatic rings. The smallest absolute Gasteiger partial charge is 0.240 e. The highest BCUT2D eigenvalue weighted by molar-refractivity contribution is 5.59. The van der Waals surface area contributed by atoms with Crippen LogP contribution in [0.5, 0.6) is 0 Å². The van der Waals surface area contributed by atoms with Gasteiger partial charge in [0.1, 0.15) is 29.4 Å². The minimum Gasteiger partial charge on any atom is -0.442 e. The Kier molecular flexibility index (Phi) is 4.13. The molecule has 2 rings (SSSR count). The molecule has 22 heavy (non-hydrogen) atoms. The van der Waals surface area contributed by atoms with Gasteiger partial charge in [-0.2, -0.15) is 15.8 Å². The normalized spacial score (nSPS) is 19.8. The first kappa shape index (κ1) is 15.1. The zero-order valence-electron chi connectivity index (χ0n) is 11.8.